The summed E-state index contributed by atoms with van der Waals surface area (Å²) >= 11 is 0. The van der Waals surface area contributed by atoms with Crippen LogP contribution in [0.3, 0.4) is 0 Å². The molecule has 2 amide bonds. The number of carbonyl (C=O) groups excluding carboxylic acids is 3. The summed E-state index contributed by atoms with van der Waals surface area (Å²) < 4.78 is 0. The lowest BCUT2D eigenvalue weighted by Crippen LogP contribution is -2.33. The number of hydrogen-bond acceptors (Lipinski definition) is 5. The first-order valence-corrected chi connectivity index (χ1v) is 11.2. The van der Waals surface area contributed by atoms with Gasteiger partial charge in [-0.25, -0.2) is 14.4 Å². The van der Waals surface area contributed by atoms with Crippen LogP contribution in [0.1, 0.15) is 22.3 Å². The normalized spacial score (nSPS) is 10.1. The fourth-order valence-electron chi connectivity index (χ4n) is 4.17. The van der Waals surface area contributed by atoms with Gasteiger partial charge < -0.3 is 5.73 Å². The molecule has 4 rings (SSSR count). The minimum atomic E-state index is -0.645. The monoisotopic (exact) mass is 474 g/mol. The number of amides is 2. The van der Waals surface area contributed by atoms with Gasteiger partial charge in [-0.2, -0.15) is 9.98 Å². The molecule has 2 N–H and O–H groups in total. The predicted molar refractivity (Wildman–Crippen MR) is 139 cm³/mol. The van der Waals surface area contributed by atoms with Gasteiger partial charge in [-0.05, 0) is 46.5 Å². The highest BCUT2D eigenvalue weighted by Crippen LogP contribution is 2.35. The van der Waals surface area contributed by atoms with Crippen molar-refractivity contribution in [1.29, 1.82) is 0 Å². The Bertz CT molecular complexity index is 1390. The maximum Gasteiger partial charge on any atom is 0.323 e. The number of anilines is 2. The van der Waals surface area contributed by atoms with Crippen molar-refractivity contribution < 1.29 is 14.4 Å². The van der Waals surface area contributed by atoms with Gasteiger partial charge in [0.05, 0.1) is 22.7 Å². The molecule has 0 aromatic heterocycles. The molecule has 0 aliphatic carbocycles. The maximum absolute atomic E-state index is 12.9. The SMILES string of the molecule is NC(=O)N(c1ccccc1Cc1ccccc1N=C=O)c1ccccc1Cc1ccccc1N=C=O. The van der Waals surface area contributed by atoms with Crippen molar-refractivity contribution in [2.45, 2.75) is 12.8 Å². The second kappa shape index (κ2) is 11.4. The molecule has 0 saturated heterocycles. The second-order valence-corrected chi connectivity index (χ2v) is 7.95. The van der Waals surface area contributed by atoms with Crippen LogP contribution in [0.15, 0.2) is 107 Å². The molecule has 0 atom stereocenters. The van der Waals surface area contributed by atoms with E-state index in [1.165, 1.54) is 4.90 Å². The zero-order valence-corrected chi connectivity index (χ0v) is 19.3. The summed E-state index contributed by atoms with van der Waals surface area (Å²) in [4.78, 5) is 43.7. The van der Waals surface area contributed by atoms with Crippen LogP contribution in [0.5, 0.6) is 0 Å². The fourth-order valence-corrected chi connectivity index (χ4v) is 4.17. The summed E-state index contributed by atoms with van der Waals surface area (Å²) in [7, 11) is 0. The number of nitrogens with two attached hydrogens (primary N) is 1. The summed E-state index contributed by atoms with van der Waals surface area (Å²) in [5.74, 6) is 0. The zero-order valence-electron chi connectivity index (χ0n) is 19.3. The molecular weight excluding hydrogens is 452 g/mol. The van der Waals surface area contributed by atoms with Crippen molar-refractivity contribution in [3.63, 3.8) is 0 Å². The summed E-state index contributed by atoms with van der Waals surface area (Å²) in [5.41, 5.74) is 11.5. The summed E-state index contributed by atoms with van der Waals surface area (Å²) in [6, 6.07) is 28.8. The largest absolute Gasteiger partial charge is 0.351 e. The van der Waals surface area contributed by atoms with E-state index in [1.807, 2.05) is 72.8 Å². The van der Waals surface area contributed by atoms with E-state index in [0.717, 1.165) is 22.3 Å². The van der Waals surface area contributed by atoms with E-state index < -0.39 is 6.03 Å². The van der Waals surface area contributed by atoms with E-state index in [9.17, 15) is 14.4 Å². The summed E-state index contributed by atoms with van der Waals surface area (Å²) in [5, 5.41) is 0. The number of para-hydroxylation sites is 4. The number of isocyanates is 2. The Hall–Kier alpha value is -5.09. The first kappa shape index (κ1) is 24.0. The second-order valence-electron chi connectivity index (χ2n) is 7.95. The number of hydrogen-bond donors (Lipinski definition) is 1. The molecule has 0 radical (unpaired) electrons. The van der Waals surface area contributed by atoms with Crippen LogP contribution in [0.2, 0.25) is 0 Å². The average Bonchev–Trinajstić information content (AvgIpc) is 2.89. The van der Waals surface area contributed by atoms with Gasteiger partial charge in [0, 0.05) is 12.8 Å². The van der Waals surface area contributed by atoms with Gasteiger partial charge in [-0.3, -0.25) is 4.90 Å². The number of benzene rings is 4. The summed E-state index contributed by atoms with van der Waals surface area (Å²) in [6.07, 6.45) is 4.02. The Morgan fingerprint density at radius 3 is 1.36 bits per heavy atom. The van der Waals surface area contributed by atoms with Gasteiger partial charge in [0.25, 0.3) is 0 Å². The van der Waals surface area contributed by atoms with Crippen LogP contribution in [0.4, 0.5) is 27.5 Å². The smallest absolute Gasteiger partial charge is 0.323 e. The Labute approximate surface area is 208 Å². The van der Waals surface area contributed by atoms with Crippen LogP contribution in [0, 0.1) is 0 Å². The molecule has 0 fully saturated rings. The first-order valence-electron chi connectivity index (χ1n) is 11.2. The van der Waals surface area contributed by atoms with Crippen LogP contribution >= 0.6 is 0 Å². The Morgan fingerprint density at radius 2 is 0.972 bits per heavy atom. The van der Waals surface area contributed by atoms with Crippen LogP contribution < -0.4 is 10.6 Å². The molecule has 7 heteroatoms. The van der Waals surface area contributed by atoms with Crippen molar-refractivity contribution >= 4 is 40.9 Å². The number of carbonyl (C=O) groups is 1. The van der Waals surface area contributed by atoms with E-state index in [4.69, 9.17) is 5.73 Å². The van der Waals surface area contributed by atoms with E-state index in [-0.39, 0.29) is 0 Å². The molecule has 4 aromatic rings. The first-order chi connectivity index (χ1) is 17.6. The molecular formula is C29H22N4O3. The Morgan fingerprint density at radius 1 is 0.611 bits per heavy atom. The molecule has 4 aromatic carbocycles. The van der Waals surface area contributed by atoms with Crippen molar-refractivity contribution in [2.24, 2.45) is 15.7 Å². The maximum atomic E-state index is 12.9. The molecule has 176 valence electrons. The highest BCUT2D eigenvalue weighted by molar-refractivity contribution is 6.00. The molecule has 0 aliphatic rings. The molecule has 0 heterocycles. The van der Waals surface area contributed by atoms with Gasteiger partial charge >= 0.3 is 6.03 Å². The van der Waals surface area contributed by atoms with Crippen LogP contribution in [-0.4, -0.2) is 18.2 Å². The number of aliphatic imine (C=N–C) groups is 2. The predicted octanol–water partition coefficient (Wildman–Crippen LogP) is 6.02. The lowest BCUT2D eigenvalue weighted by Gasteiger charge is -2.26. The van der Waals surface area contributed by atoms with E-state index >= 15 is 0 Å². The Balaban J connectivity index is 1.79. The van der Waals surface area contributed by atoms with Gasteiger partial charge in [-0.15, -0.1) is 0 Å². The number of urea groups is 1. The van der Waals surface area contributed by atoms with Crippen molar-refractivity contribution in [3.05, 3.63) is 119 Å². The van der Waals surface area contributed by atoms with Gasteiger partial charge in [0.2, 0.25) is 12.2 Å². The van der Waals surface area contributed by atoms with E-state index in [1.54, 1.807) is 36.4 Å². The quantitative estimate of drug-likeness (QED) is 0.249. The van der Waals surface area contributed by atoms with E-state index in [0.29, 0.717) is 35.6 Å². The Kier molecular flexibility index (Phi) is 7.59. The molecule has 0 unspecified atom stereocenters. The van der Waals surface area contributed by atoms with Gasteiger partial charge in [0.15, 0.2) is 0 Å². The van der Waals surface area contributed by atoms with Crippen LogP contribution in [0.25, 0.3) is 0 Å². The molecule has 36 heavy (non-hydrogen) atoms. The number of rotatable bonds is 8. The standard InChI is InChI=1S/C29H22N4O3/c30-29(36)33(27-15-7-3-11-23(27)17-21-9-1-5-13-25(21)31-19-34)28-16-8-4-12-24(28)18-22-10-2-6-14-26(22)32-20-35/h1-16H,17-18H2,(H2,30,36). The van der Waals surface area contributed by atoms with Crippen molar-refractivity contribution in [2.75, 3.05) is 4.90 Å². The van der Waals surface area contributed by atoms with Gasteiger partial charge in [0.1, 0.15) is 0 Å². The average molecular weight is 475 g/mol. The van der Waals surface area contributed by atoms with E-state index in [2.05, 4.69) is 9.98 Å². The zero-order chi connectivity index (χ0) is 25.3. The molecule has 0 aliphatic heterocycles. The number of nitrogens with zero attached hydrogens (tertiary/aromatic N) is 3. The highest BCUT2D eigenvalue weighted by atomic mass is 16.2. The number of primary amides is 1. The van der Waals surface area contributed by atoms with Crippen LogP contribution in [-0.2, 0) is 22.4 Å². The lowest BCUT2D eigenvalue weighted by atomic mass is 9.98. The minimum absolute atomic E-state index is 0.417. The summed E-state index contributed by atoms with van der Waals surface area (Å²) in [6.45, 7) is 0. The topological polar surface area (TPSA) is 105 Å². The van der Waals surface area contributed by atoms with Crippen molar-refractivity contribution in [3.8, 4) is 0 Å². The molecule has 0 bridgehead atoms. The van der Waals surface area contributed by atoms with Crippen molar-refractivity contribution in [1.82, 2.24) is 0 Å². The third kappa shape index (κ3) is 5.34. The fraction of sp³-hybridized carbons (Fsp3) is 0.0690. The highest BCUT2D eigenvalue weighted by Gasteiger charge is 2.22. The van der Waals surface area contributed by atoms with Gasteiger partial charge in [-0.1, -0.05) is 72.8 Å². The molecule has 0 spiro atoms. The molecule has 7 nitrogen and oxygen atoms in total. The minimum Gasteiger partial charge on any atom is -0.351 e. The third-order valence-corrected chi connectivity index (χ3v) is 5.76. The third-order valence-electron chi connectivity index (χ3n) is 5.76. The lowest BCUT2D eigenvalue weighted by molar-refractivity contribution is 0.256. The molecule has 0 saturated carbocycles.